The Morgan fingerprint density at radius 3 is 1.56 bits per heavy atom. The summed E-state index contributed by atoms with van der Waals surface area (Å²) >= 11 is 10.5. The van der Waals surface area contributed by atoms with Gasteiger partial charge in [0.05, 0.1) is 0 Å². The molecule has 0 heterocycles. The Morgan fingerprint density at radius 1 is 0.889 bits per heavy atom. The topological polar surface area (TPSA) is 0 Å². The highest BCUT2D eigenvalue weighted by Gasteiger charge is 1.73. The summed E-state index contributed by atoms with van der Waals surface area (Å²) in [6, 6.07) is 9.79. The lowest BCUT2D eigenvalue weighted by molar-refractivity contribution is 1.48. The number of rotatable bonds is 0. The number of hydrogen-bond donors (Lipinski definition) is 3. The van der Waals surface area contributed by atoms with Crippen LogP contribution in [-0.2, 0) is 0 Å². The summed E-state index contributed by atoms with van der Waals surface area (Å²) in [7, 11) is 0. The van der Waals surface area contributed by atoms with Crippen LogP contribution in [0.3, 0.4) is 0 Å². The molecule has 0 aliphatic heterocycles. The van der Waals surface area contributed by atoms with E-state index in [1.54, 1.807) is 0 Å². The Balaban J connectivity index is 0.000000291. The molecule has 0 aromatic heterocycles. The van der Waals surface area contributed by atoms with Crippen molar-refractivity contribution in [2.24, 2.45) is 0 Å². The van der Waals surface area contributed by atoms with E-state index in [2.05, 4.69) is 36.0 Å². The van der Waals surface area contributed by atoms with Gasteiger partial charge in [-0.3, -0.25) is 0 Å². The SMILES string of the molecule is SS.Sc1ccccc1. The first-order valence-corrected chi connectivity index (χ1v) is 4.38. The molecule has 0 aliphatic carbocycles. The van der Waals surface area contributed by atoms with Gasteiger partial charge in [-0.2, -0.15) is 0 Å². The van der Waals surface area contributed by atoms with Crippen LogP contribution in [-0.4, -0.2) is 0 Å². The van der Waals surface area contributed by atoms with Gasteiger partial charge in [-0.15, -0.1) is 36.0 Å². The van der Waals surface area contributed by atoms with E-state index in [-0.39, 0.29) is 0 Å². The summed E-state index contributed by atoms with van der Waals surface area (Å²) in [6.07, 6.45) is 0. The molecule has 0 aliphatic rings. The van der Waals surface area contributed by atoms with Crippen LogP contribution in [0.1, 0.15) is 0 Å². The molecule has 0 saturated carbocycles. The predicted octanol–water partition coefficient (Wildman–Crippen LogP) is 2.74. The molecule has 0 unspecified atom stereocenters. The van der Waals surface area contributed by atoms with Crippen molar-refractivity contribution in [2.75, 3.05) is 0 Å². The second-order valence-corrected chi connectivity index (χ2v) is 1.85. The smallest absolute Gasteiger partial charge is 0.00399 e. The Labute approximate surface area is 71.3 Å². The first kappa shape index (κ1) is 9.27. The molecule has 0 bridgehead atoms. The Hall–Kier alpha value is 0.270. The van der Waals surface area contributed by atoms with Crippen molar-refractivity contribution in [2.45, 2.75) is 4.90 Å². The van der Waals surface area contributed by atoms with Gasteiger partial charge in [-0.1, -0.05) is 18.2 Å². The maximum absolute atomic E-state index is 4.08. The molecule has 0 radical (unpaired) electrons. The van der Waals surface area contributed by atoms with Crippen LogP contribution in [0, 0.1) is 0 Å². The van der Waals surface area contributed by atoms with Gasteiger partial charge in [0, 0.05) is 4.90 Å². The number of thiol groups is 3. The maximum atomic E-state index is 4.08. The largest absolute Gasteiger partial charge is 0.143 e. The zero-order valence-electron chi connectivity index (χ0n) is 4.73. The molecule has 0 amide bonds. The number of benzene rings is 1. The van der Waals surface area contributed by atoms with Crippen LogP contribution in [0.5, 0.6) is 0 Å². The van der Waals surface area contributed by atoms with Gasteiger partial charge in [0.25, 0.3) is 0 Å². The predicted molar refractivity (Wildman–Crippen MR) is 51.7 cm³/mol. The lowest BCUT2D eigenvalue weighted by Gasteiger charge is -1.81. The van der Waals surface area contributed by atoms with E-state index in [1.165, 1.54) is 0 Å². The summed E-state index contributed by atoms with van der Waals surface area (Å²) in [5.74, 6) is 0. The standard InChI is InChI=1S/C6H6S.H2S2/c7-6-4-2-1-3-5-6;1-2/h1-5,7H;1-2H. The van der Waals surface area contributed by atoms with E-state index in [0.717, 1.165) is 4.90 Å². The van der Waals surface area contributed by atoms with Crippen molar-refractivity contribution in [1.82, 2.24) is 0 Å². The van der Waals surface area contributed by atoms with Gasteiger partial charge < -0.3 is 0 Å². The molecule has 0 nitrogen and oxygen atoms in total. The molecule has 0 fully saturated rings. The number of hydrogen-bond acceptors (Lipinski definition) is 3. The third kappa shape index (κ3) is 4.75. The quantitative estimate of drug-likeness (QED) is 0.393. The molecule has 0 atom stereocenters. The average Bonchev–Trinajstić information content (AvgIpc) is 1.94. The Kier molecular flexibility index (Phi) is 6.58. The van der Waals surface area contributed by atoms with Gasteiger partial charge in [0.2, 0.25) is 0 Å². The van der Waals surface area contributed by atoms with E-state index >= 15 is 0 Å². The minimum atomic E-state index is 1.02. The van der Waals surface area contributed by atoms with Gasteiger partial charge >= 0.3 is 0 Å². The lowest BCUT2D eigenvalue weighted by Crippen LogP contribution is -1.56. The highest BCUT2D eigenvalue weighted by molar-refractivity contribution is 8.59. The maximum Gasteiger partial charge on any atom is 0.00399 e. The van der Waals surface area contributed by atoms with Crippen LogP contribution in [0.4, 0.5) is 0 Å². The van der Waals surface area contributed by atoms with E-state index in [4.69, 9.17) is 0 Å². The molecular formula is C6H8S3. The molecule has 50 valence electrons. The first-order chi connectivity index (χ1) is 4.39. The van der Waals surface area contributed by atoms with Crippen LogP contribution in [0.25, 0.3) is 0 Å². The highest BCUT2D eigenvalue weighted by atomic mass is 33.1. The van der Waals surface area contributed by atoms with Crippen LogP contribution >= 0.6 is 36.0 Å². The van der Waals surface area contributed by atoms with E-state index < -0.39 is 0 Å². The molecule has 1 rings (SSSR count). The summed E-state index contributed by atoms with van der Waals surface area (Å²) < 4.78 is 0. The second kappa shape index (κ2) is 6.39. The Morgan fingerprint density at radius 2 is 1.33 bits per heavy atom. The van der Waals surface area contributed by atoms with Crippen LogP contribution in [0.2, 0.25) is 0 Å². The molecule has 0 saturated heterocycles. The molecule has 3 heteroatoms. The van der Waals surface area contributed by atoms with Crippen LogP contribution in [0.15, 0.2) is 35.2 Å². The summed E-state index contributed by atoms with van der Waals surface area (Å²) in [5, 5.41) is 0. The fraction of sp³-hybridized carbons (Fsp3) is 0. The molecular weight excluding hydrogens is 168 g/mol. The lowest BCUT2D eigenvalue weighted by atomic mass is 10.4. The minimum absolute atomic E-state index is 1.02. The summed E-state index contributed by atoms with van der Waals surface area (Å²) in [4.78, 5) is 1.02. The van der Waals surface area contributed by atoms with Crippen molar-refractivity contribution < 1.29 is 0 Å². The van der Waals surface area contributed by atoms with Crippen molar-refractivity contribution in [3.8, 4) is 0 Å². The van der Waals surface area contributed by atoms with Crippen molar-refractivity contribution in [3.05, 3.63) is 30.3 Å². The van der Waals surface area contributed by atoms with Crippen molar-refractivity contribution in [1.29, 1.82) is 0 Å². The normalized spacial score (nSPS) is 7.44. The fourth-order valence-corrected chi connectivity index (χ4v) is 0.600. The van der Waals surface area contributed by atoms with Gasteiger partial charge in [-0.25, -0.2) is 0 Å². The third-order valence-electron chi connectivity index (χ3n) is 0.756. The van der Waals surface area contributed by atoms with Gasteiger partial charge in [0.15, 0.2) is 0 Å². The summed E-state index contributed by atoms with van der Waals surface area (Å²) in [5.41, 5.74) is 0. The summed E-state index contributed by atoms with van der Waals surface area (Å²) in [6.45, 7) is 0. The average molecular weight is 176 g/mol. The van der Waals surface area contributed by atoms with Crippen molar-refractivity contribution in [3.63, 3.8) is 0 Å². The first-order valence-electron chi connectivity index (χ1n) is 2.33. The van der Waals surface area contributed by atoms with Crippen molar-refractivity contribution >= 4 is 36.0 Å². The zero-order chi connectivity index (χ0) is 7.11. The zero-order valence-corrected chi connectivity index (χ0v) is 7.41. The van der Waals surface area contributed by atoms with Gasteiger partial charge in [-0.05, 0) is 12.1 Å². The molecule has 1 aromatic carbocycles. The molecule has 0 N–H and O–H groups in total. The van der Waals surface area contributed by atoms with Gasteiger partial charge in [0.1, 0.15) is 0 Å². The molecule has 9 heavy (non-hydrogen) atoms. The van der Waals surface area contributed by atoms with Crippen LogP contribution < -0.4 is 0 Å². The molecule has 0 spiro atoms. The molecule has 1 aromatic rings. The monoisotopic (exact) mass is 176 g/mol. The minimum Gasteiger partial charge on any atom is -0.143 e. The second-order valence-electron chi connectivity index (χ2n) is 1.34. The third-order valence-corrected chi connectivity index (χ3v) is 1.05. The van der Waals surface area contributed by atoms with E-state index in [1.807, 2.05) is 30.3 Å². The van der Waals surface area contributed by atoms with E-state index in [9.17, 15) is 0 Å². The Bertz CT molecular complexity index is 138. The fourth-order valence-electron chi connectivity index (χ4n) is 0.428. The highest BCUT2D eigenvalue weighted by Crippen LogP contribution is 2.00. The van der Waals surface area contributed by atoms with E-state index in [0.29, 0.717) is 0 Å².